The quantitative estimate of drug-likeness (QED) is 0.766. The van der Waals surface area contributed by atoms with Crippen LogP contribution in [-0.2, 0) is 21.4 Å². The maximum Gasteiger partial charge on any atom is 0.224 e. The first-order chi connectivity index (χ1) is 10.6. The number of nitrogens with zero attached hydrogens (tertiary/aromatic N) is 2. The van der Waals surface area contributed by atoms with Gasteiger partial charge in [-0.15, -0.1) is 0 Å². The lowest BCUT2D eigenvalue weighted by Gasteiger charge is -2.33. The molecule has 0 fully saturated rings. The summed E-state index contributed by atoms with van der Waals surface area (Å²) in [4.78, 5) is 14.2. The number of carbonyl (C=O) groups is 1. The average Bonchev–Trinajstić information content (AvgIpc) is 2.42. The minimum absolute atomic E-state index is 0.0331. The van der Waals surface area contributed by atoms with Crippen molar-refractivity contribution in [2.75, 3.05) is 19.3 Å². The van der Waals surface area contributed by atoms with Gasteiger partial charge in [0, 0.05) is 31.6 Å². The van der Waals surface area contributed by atoms with Gasteiger partial charge in [-0.05, 0) is 33.3 Å². The Kier molecular flexibility index (Phi) is 6.77. The topological polar surface area (TPSA) is 57.7 Å². The minimum atomic E-state index is -3.35. The molecule has 0 saturated heterocycles. The van der Waals surface area contributed by atoms with Crippen molar-refractivity contribution >= 4 is 15.9 Å². The van der Waals surface area contributed by atoms with Crippen molar-refractivity contribution in [1.82, 2.24) is 9.21 Å². The SMILES string of the molecule is CCN(Cc1ccccc1)C(=O)CCN(C(C)(C)C)S(C)(=O)=O. The minimum Gasteiger partial charge on any atom is -0.339 e. The van der Waals surface area contributed by atoms with Crippen molar-refractivity contribution < 1.29 is 13.2 Å². The van der Waals surface area contributed by atoms with E-state index in [0.717, 1.165) is 5.56 Å². The Morgan fingerprint density at radius 3 is 2.13 bits per heavy atom. The molecule has 23 heavy (non-hydrogen) atoms. The van der Waals surface area contributed by atoms with E-state index >= 15 is 0 Å². The van der Waals surface area contributed by atoms with E-state index in [0.29, 0.717) is 13.1 Å². The van der Waals surface area contributed by atoms with Crippen LogP contribution in [0.2, 0.25) is 0 Å². The molecule has 130 valence electrons. The summed E-state index contributed by atoms with van der Waals surface area (Å²) in [5.74, 6) is -0.0331. The van der Waals surface area contributed by atoms with Crippen LogP contribution in [0.25, 0.3) is 0 Å². The van der Waals surface area contributed by atoms with Crippen LogP contribution in [0.5, 0.6) is 0 Å². The Balaban J connectivity index is 2.73. The second kappa shape index (κ2) is 7.93. The van der Waals surface area contributed by atoms with Crippen LogP contribution >= 0.6 is 0 Å². The van der Waals surface area contributed by atoms with Gasteiger partial charge >= 0.3 is 0 Å². The Labute approximate surface area is 140 Å². The lowest BCUT2D eigenvalue weighted by Crippen LogP contribution is -2.46. The molecule has 0 aliphatic heterocycles. The van der Waals surface area contributed by atoms with E-state index in [-0.39, 0.29) is 18.9 Å². The summed E-state index contributed by atoms with van der Waals surface area (Å²) in [5.41, 5.74) is 0.531. The number of amides is 1. The fourth-order valence-electron chi connectivity index (χ4n) is 2.53. The van der Waals surface area contributed by atoms with Gasteiger partial charge in [0.2, 0.25) is 15.9 Å². The number of hydrogen-bond donors (Lipinski definition) is 0. The van der Waals surface area contributed by atoms with Crippen LogP contribution < -0.4 is 0 Å². The van der Waals surface area contributed by atoms with Gasteiger partial charge in [-0.1, -0.05) is 30.3 Å². The highest BCUT2D eigenvalue weighted by molar-refractivity contribution is 7.88. The van der Waals surface area contributed by atoms with Crippen LogP contribution in [0, 0.1) is 0 Å². The predicted molar refractivity (Wildman–Crippen MR) is 93.5 cm³/mol. The molecule has 0 bridgehead atoms. The zero-order valence-corrected chi connectivity index (χ0v) is 15.6. The largest absolute Gasteiger partial charge is 0.339 e. The van der Waals surface area contributed by atoms with Gasteiger partial charge in [0.05, 0.1) is 6.26 Å². The van der Waals surface area contributed by atoms with Crippen LogP contribution in [0.3, 0.4) is 0 Å². The normalized spacial score (nSPS) is 12.4. The number of rotatable bonds is 7. The summed E-state index contributed by atoms with van der Waals surface area (Å²) in [6.45, 7) is 8.78. The third-order valence-corrected chi connectivity index (χ3v) is 5.16. The van der Waals surface area contributed by atoms with E-state index < -0.39 is 15.6 Å². The molecule has 0 N–H and O–H groups in total. The Hall–Kier alpha value is -1.40. The molecule has 1 amide bonds. The van der Waals surface area contributed by atoms with E-state index in [9.17, 15) is 13.2 Å². The molecule has 0 aromatic heterocycles. The standard InChI is InChI=1S/C17H28N2O3S/c1-6-18(14-15-10-8-7-9-11-15)16(20)12-13-19(17(2,3)4)23(5,21)22/h7-11H,6,12-14H2,1-5H3. The van der Waals surface area contributed by atoms with Gasteiger partial charge in [-0.3, -0.25) is 4.79 Å². The Morgan fingerprint density at radius 1 is 1.13 bits per heavy atom. The summed E-state index contributed by atoms with van der Waals surface area (Å²) in [6, 6.07) is 9.79. The van der Waals surface area contributed by atoms with Crippen molar-refractivity contribution in [2.45, 2.75) is 46.2 Å². The molecule has 1 rings (SSSR count). The van der Waals surface area contributed by atoms with Gasteiger partial charge in [0.25, 0.3) is 0 Å². The molecular weight excluding hydrogens is 312 g/mol. The predicted octanol–water partition coefficient (Wildman–Crippen LogP) is 2.49. The zero-order valence-electron chi connectivity index (χ0n) is 14.7. The first-order valence-electron chi connectivity index (χ1n) is 7.85. The summed E-state index contributed by atoms with van der Waals surface area (Å²) in [7, 11) is -3.35. The second-order valence-corrected chi connectivity index (χ2v) is 8.56. The van der Waals surface area contributed by atoms with E-state index in [4.69, 9.17) is 0 Å². The molecule has 1 aromatic rings. The number of hydrogen-bond acceptors (Lipinski definition) is 3. The highest BCUT2D eigenvalue weighted by Crippen LogP contribution is 2.18. The Bertz CT molecular complexity index is 606. The second-order valence-electron chi connectivity index (χ2n) is 6.65. The highest BCUT2D eigenvalue weighted by Gasteiger charge is 2.30. The highest BCUT2D eigenvalue weighted by atomic mass is 32.2. The van der Waals surface area contributed by atoms with Crippen LogP contribution in [0.1, 0.15) is 39.7 Å². The molecule has 0 unspecified atom stereocenters. The van der Waals surface area contributed by atoms with Gasteiger partial charge in [0.1, 0.15) is 0 Å². The van der Waals surface area contributed by atoms with Crippen LogP contribution in [0.4, 0.5) is 0 Å². The average molecular weight is 340 g/mol. The number of sulfonamides is 1. The summed E-state index contributed by atoms with van der Waals surface area (Å²) in [5, 5.41) is 0. The van der Waals surface area contributed by atoms with Gasteiger partial charge in [0.15, 0.2) is 0 Å². The van der Waals surface area contributed by atoms with E-state index in [1.807, 2.05) is 58.0 Å². The van der Waals surface area contributed by atoms with Gasteiger partial charge < -0.3 is 4.90 Å². The first-order valence-corrected chi connectivity index (χ1v) is 9.70. The lowest BCUT2D eigenvalue weighted by atomic mass is 10.1. The fourth-order valence-corrected chi connectivity index (χ4v) is 3.95. The molecule has 0 atom stereocenters. The van der Waals surface area contributed by atoms with Crippen molar-refractivity contribution in [3.63, 3.8) is 0 Å². The number of benzene rings is 1. The first kappa shape index (κ1) is 19.6. The molecule has 0 heterocycles. The van der Waals surface area contributed by atoms with Crippen LogP contribution in [-0.4, -0.2) is 48.4 Å². The zero-order chi connectivity index (χ0) is 17.7. The molecule has 0 aliphatic carbocycles. The van der Waals surface area contributed by atoms with Crippen molar-refractivity contribution in [1.29, 1.82) is 0 Å². The lowest BCUT2D eigenvalue weighted by molar-refractivity contribution is -0.131. The third-order valence-electron chi connectivity index (χ3n) is 3.63. The molecule has 0 radical (unpaired) electrons. The molecule has 5 nitrogen and oxygen atoms in total. The molecule has 1 aromatic carbocycles. The van der Waals surface area contributed by atoms with E-state index in [1.54, 1.807) is 4.90 Å². The van der Waals surface area contributed by atoms with Crippen molar-refractivity contribution in [2.24, 2.45) is 0 Å². The summed E-state index contributed by atoms with van der Waals surface area (Å²) >= 11 is 0. The molecule has 0 saturated carbocycles. The molecule has 0 spiro atoms. The van der Waals surface area contributed by atoms with Crippen molar-refractivity contribution in [3.8, 4) is 0 Å². The third kappa shape index (κ3) is 6.31. The molecule has 0 aliphatic rings. The maximum atomic E-state index is 12.4. The van der Waals surface area contributed by atoms with E-state index in [1.165, 1.54) is 10.6 Å². The smallest absolute Gasteiger partial charge is 0.224 e. The number of carbonyl (C=O) groups excluding carboxylic acids is 1. The maximum absolute atomic E-state index is 12.4. The molecule has 6 heteroatoms. The van der Waals surface area contributed by atoms with Gasteiger partial charge in [-0.2, -0.15) is 4.31 Å². The van der Waals surface area contributed by atoms with Crippen molar-refractivity contribution in [3.05, 3.63) is 35.9 Å². The summed E-state index contributed by atoms with van der Waals surface area (Å²) < 4.78 is 25.2. The monoisotopic (exact) mass is 340 g/mol. The molecular formula is C17H28N2O3S. The van der Waals surface area contributed by atoms with E-state index in [2.05, 4.69) is 0 Å². The van der Waals surface area contributed by atoms with Gasteiger partial charge in [-0.25, -0.2) is 8.42 Å². The summed E-state index contributed by atoms with van der Waals surface area (Å²) in [6.07, 6.45) is 1.37. The fraction of sp³-hybridized carbons (Fsp3) is 0.588. The Morgan fingerprint density at radius 2 is 1.70 bits per heavy atom. The van der Waals surface area contributed by atoms with Crippen LogP contribution in [0.15, 0.2) is 30.3 Å².